The lowest BCUT2D eigenvalue weighted by Gasteiger charge is -2.37. The van der Waals surface area contributed by atoms with Crippen LogP contribution in [-0.2, 0) is 22.3 Å². The number of nitrogens with zero attached hydrogens (tertiary/aromatic N) is 4. The number of piperazine rings is 1. The number of carbonyl (C=O) groups excluding carboxylic acids is 1. The van der Waals surface area contributed by atoms with E-state index in [9.17, 15) is 27.5 Å². The molecule has 2 aromatic carbocycles. The van der Waals surface area contributed by atoms with Crippen LogP contribution in [0.4, 0.5) is 28.9 Å². The number of ether oxygens (including phenoxy) is 1. The third-order valence-electron chi connectivity index (χ3n) is 6.70. The van der Waals surface area contributed by atoms with E-state index in [-0.39, 0.29) is 23.9 Å². The van der Waals surface area contributed by atoms with Gasteiger partial charge in [0.15, 0.2) is 0 Å². The lowest BCUT2D eigenvalue weighted by atomic mass is 10.1. The van der Waals surface area contributed by atoms with E-state index in [0.29, 0.717) is 61.9 Å². The van der Waals surface area contributed by atoms with Crippen molar-refractivity contribution in [3.05, 3.63) is 53.5 Å². The van der Waals surface area contributed by atoms with E-state index in [0.717, 1.165) is 11.8 Å². The van der Waals surface area contributed by atoms with Crippen LogP contribution in [0.1, 0.15) is 24.5 Å². The highest BCUT2D eigenvalue weighted by Crippen LogP contribution is 2.35. The summed E-state index contributed by atoms with van der Waals surface area (Å²) in [6.45, 7) is 4.42. The van der Waals surface area contributed by atoms with Crippen LogP contribution in [0.2, 0.25) is 0 Å². The summed E-state index contributed by atoms with van der Waals surface area (Å²) in [5.74, 6) is -2.20. The van der Waals surface area contributed by atoms with Gasteiger partial charge in [-0.05, 0) is 36.8 Å². The molecule has 0 saturated carbocycles. The van der Waals surface area contributed by atoms with Crippen LogP contribution in [0, 0.1) is 11.7 Å². The molecule has 0 bridgehead atoms. The molecule has 0 radical (unpaired) electrons. The molecular weight excluding hydrogens is 506 g/mol. The molecule has 1 aromatic heterocycles. The first-order valence-electron chi connectivity index (χ1n) is 12.2. The number of anilines is 2. The number of halogens is 4. The number of phenolic OH excluding ortho intramolecular Hbond substituents is 1. The number of amides is 1. The predicted octanol–water partition coefficient (Wildman–Crippen LogP) is 4.43. The van der Waals surface area contributed by atoms with E-state index in [1.54, 1.807) is 13.2 Å². The molecule has 1 amide bonds. The van der Waals surface area contributed by atoms with Gasteiger partial charge >= 0.3 is 6.18 Å². The van der Waals surface area contributed by atoms with Crippen molar-refractivity contribution in [3.63, 3.8) is 0 Å². The van der Waals surface area contributed by atoms with E-state index in [4.69, 9.17) is 4.74 Å². The summed E-state index contributed by atoms with van der Waals surface area (Å²) in [4.78, 5) is 16.8. The quantitative estimate of drug-likeness (QED) is 0.413. The van der Waals surface area contributed by atoms with Crippen LogP contribution in [0.5, 0.6) is 5.75 Å². The fourth-order valence-electron chi connectivity index (χ4n) is 4.58. The number of hydrogen-bond acceptors (Lipinski definition) is 7. The predicted molar refractivity (Wildman–Crippen MR) is 134 cm³/mol. The third-order valence-corrected chi connectivity index (χ3v) is 6.70. The van der Waals surface area contributed by atoms with Gasteiger partial charge in [0.1, 0.15) is 11.6 Å². The van der Waals surface area contributed by atoms with Gasteiger partial charge in [0.25, 0.3) is 0 Å². The van der Waals surface area contributed by atoms with Gasteiger partial charge in [0.2, 0.25) is 5.91 Å². The molecule has 1 fully saturated rings. The Morgan fingerprint density at radius 3 is 2.58 bits per heavy atom. The van der Waals surface area contributed by atoms with Crippen molar-refractivity contribution in [1.82, 2.24) is 15.1 Å². The molecule has 0 spiro atoms. The maximum atomic E-state index is 14.5. The first-order valence-corrected chi connectivity index (χ1v) is 12.2. The van der Waals surface area contributed by atoms with Gasteiger partial charge in [-0.3, -0.25) is 4.79 Å². The number of nitrogens with one attached hydrogen (secondary N) is 1. The second kappa shape index (κ2) is 11.4. The van der Waals surface area contributed by atoms with Gasteiger partial charge in [-0.2, -0.15) is 23.4 Å². The number of methoxy groups -OCH3 is 1. The van der Waals surface area contributed by atoms with Crippen LogP contribution >= 0.6 is 0 Å². The van der Waals surface area contributed by atoms with Crippen molar-refractivity contribution in [2.24, 2.45) is 5.92 Å². The number of aromatic hydroxyl groups is 1. The SMILES string of the molecule is CCC(COC)C(=O)N1CCN(c2ccc3nncc(NCc4cc(O)cc(C(F)(F)F)c4F)c3c2)CC1. The number of carbonyl (C=O) groups is 1. The molecule has 1 unspecified atom stereocenters. The lowest BCUT2D eigenvalue weighted by Crippen LogP contribution is -2.50. The molecule has 2 N–H and O–H groups in total. The van der Waals surface area contributed by atoms with Gasteiger partial charge in [-0.1, -0.05) is 6.92 Å². The van der Waals surface area contributed by atoms with E-state index >= 15 is 0 Å². The summed E-state index contributed by atoms with van der Waals surface area (Å²) in [5, 5.41) is 21.3. The van der Waals surface area contributed by atoms with Crippen molar-refractivity contribution in [1.29, 1.82) is 0 Å². The zero-order valence-corrected chi connectivity index (χ0v) is 21.1. The normalized spacial score (nSPS) is 15.1. The number of aromatic nitrogens is 2. The minimum atomic E-state index is -4.94. The molecule has 4 rings (SSSR count). The lowest BCUT2D eigenvalue weighted by molar-refractivity contribution is -0.140. The molecule has 1 aliphatic rings. The van der Waals surface area contributed by atoms with Crippen LogP contribution < -0.4 is 10.2 Å². The number of hydrogen-bond donors (Lipinski definition) is 2. The van der Waals surface area contributed by atoms with Crippen LogP contribution in [-0.4, -0.2) is 66.0 Å². The maximum absolute atomic E-state index is 14.5. The number of fused-ring (bicyclic) bond motifs is 1. The summed E-state index contributed by atoms with van der Waals surface area (Å²) in [6.07, 6.45) is -2.82. The Morgan fingerprint density at radius 2 is 1.92 bits per heavy atom. The van der Waals surface area contributed by atoms with Gasteiger partial charge in [-0.15, -0.1) is 0 Å². The molecule has 1 aliphatic heterocycles. The largest absolute Gasteiger partial charge is 0.508 e. The van der Waals surface area contributed by atoms with Crippen LogP contribution in [0.25, 0.3) is 10.9 Å². The number of rotatable bonds is 8. The molecule has 1 atom stereocenters. The fraction of sp³-hybridized carbons (Fsp3) is 0.423. The Hall–Kier alpha value is -3.67. The topological polar surface area (TPSA) is 90.8 Å². The number of phenols is 1. The molecule has 204 valence electrons. The highest BCUT2D eigenvalue weighted by molar-refractivity contribution is 5.93. The summed E-state index contributed by atoms with van der Waals surface area (Å²) < 4.78 is 59.1. The summed E-state index contributed by atoms with van der Waals surface area (Å²) in [7, 11) is 1.58. The van der Waals surface area contributed by atoms with Crippen LogP contribution in [0.3, 0.4) is 0 Å². The molecule has 1 saturated heterocycles. The van der Waals surface area contributed by atoms with E-state index < -0.39 is 23.3 Å². The molecule has 38 heavy (non-hydrogen) atoms. The average molecular weight is 536 g/mol. The summed E-state index contributed by atoms with van der Waals surface area (Å²) >= 11 is 0. The Labute approximate surface area is 217 Å². The van der Waals surface area contributed by atoms with Gasteiger partial charge in [0, 0.05) is 56.5 Å². The molecule has 0 aliphatic carbocycles. The zero-order chi connectivity index (χ0) is 27.4. The van der Waals surface area contributed by atoms with Gasteiger partial charge < -0.3 is 25.0 Å². The van der Waals surface area contributed by atoms with Crippen molar-refractivity contribution in [3.8, 4) is 5.75 Å². The third kappa shape index (κ3) is 5.90. The minimum absolute atomic E-state index is 0.0853. The van der Waals surface area contributed by atoms with Crippen molar-refractivity contribution in [2.45, 2.75) is 26.1 Å². The maximum Gasteiger partial charge on any atom is 0.419 e. The monoisotopic (exact) mass is 535 g/mol. The standard InChI is InChI=1S/C26H29F4N5O3/c1-3-16(15-38-2)25(37)35-8-6-34(7-9-35)18-4-5-22-20(11-18)23(14-32-33-22)31-13-17-10-19(36)12-21(24(17)27)26(28,29)30/h4-5,10-12,14,16,36H,3,6-9,13,15H2,1-2H3,(H,31,33). The summed E-state index contributed by atoms with van der Waals surface area (Å²) in [5.41, 5.74) is 0.0163. The zero-order valence-electron chi connectivity index (χ0n) is 21.1. The van der Waals surface area contributed by atoms with Crippen molar-refractivity contribution < 1.29 is 32.2 Å². The number of alkyl halides is 3. The first-order chi connectivity index (χ1) is 18.1. The molecule has 12 heteroatoms. The highest BCUT2D eigenvalue weighted by atomic mass is 19.4. The second-order valence-electron chi connectivity index (χ2n) is 9.15. The summed E-state index contributed by atoms with van der Waals surface area (Å²) in [6, 6.07) is 6.87. The number of benzene rings is 2. The van der Waals surface area contributed by atoms with E-state index in [1.807, 2.05) is 24.0 Å². The van der Waals surface area contributed by atoms with Crippen LogP contribution in [0.15, 0.2) is 36.5 Å². The molecule has 2 heterocycles. The van der Waals surface area contributed by atoms with Crippen molar-refractivity contribution in [2.75, 3.05) is 50.1 Å². The molecule has 3 aromatic rings. The van der Waals surface area contributed by atoms with Crippen molar-refractivity contribution >= 4 is 28.2 Å². The van der Waals surface area contributed by atoms with E-state index in [1.165, 1.54) is 6.20 Å². The van der Waals surface area contributed by atoms with Gasteiger partial charge in [0.05, 0.1) is 35.5 Å². The Kier molecular flexibility index (Phi) is 8.20. The fourth-order valence-corrected chi connectivity index (χ4v) is 4.58. The second-order valence-corrected chi connectivity index (χ2v) is 9.15. The smallest absolute Gasteiger partial charge is 0.419 e. The minimum Gasteiger partial charge on any atom is -0.508 e. The highest BCUT2D eigenvalue weighted by Gasteiger charge is 2.35. The average Bonchev–Trinajstić information content (AvgIpc) is 2.90. The van der Waals surface area contributed by atoms with Gasteiger partial charge in [-0.25, -0.2) is 4.39 Å². The molecular formula is C26H29F4N5O3. The Morgan fingerprint density at radius 1 is 1.18 bits per heavy atom. The Bertz CT molecular complexity index is 1300. The first kappa shape index (κ1) is 27.4. The van der Waals surface area contributed by atoms with E-state index in [2.05, 4.69) is 20.4 Å². The Balaban J connectivity index is 1.51. The molecule has 8 nitrogen and oxygen atoms in total.